The molecule has 0 spiro atoms. The highest BCUT2D eigenvalue weighted by atomic mass is 16.5. The highest BCUT2D eigenvalue weighted by Gasteiger charge is 2.30. The lowest BCUT2D eigenvalue weighted by Crippen LogP contribution is -2.32. The predicted octanol–water partition coefficient (Wildman–Crippen LogP) is 5.20. The first kappa shape index (κ1) is 20.9. The maximum atomic E-state index is 12.6. The molecule has 2 N–H and O–H groups in total. The molecule has 0 bridgehead atoms. The van der Waals surface area contributed by atoms with E-state index < -0.39 is 0 Å². The topological polar surface area (TPSA) is 67.4 Å². The molecule has 0 radical (unpaired) electrons. The van der Waals surface area contributed by atoms with Crippen molar-refractivity contribution in [1.29, 1.82) is 0 Å². The van der Waals surface area contributed by atoms with Gasteiger partial charge in [0.2, 0.25) is 11.8 Å². The number of carbonyl (C=O) groups excluding carboxylic acids is 2. The van der Waals surface area contributed by atoms with Crippen molar-refractivity contribution in [3.8, 4) is 5.75 Å². The molecule has 0 aromatic heterocycles. The van der Waals surface area contributed by atoms with E-state index in [9.17, 15) is 9.59 Å². The molecule has 1 saturated carbocycles. The van der Waals surface area contributed by atoms with Crippen LogP contribution in [0, 0.1) is 11.8 Å². The monoisotopic (exact) mass is 394 g/mol. The van der Waals surface area contributed by atoms with E-state index in [1.165, 1.54) is 5.56 Å². The molecule has 2 aromatic rings. The van der Waals surface area contributed by atoms with Crippen LogP contribution in [0.25, 0.3) is 0 Å². The van der Waals surface area contributed by atoms with Crippen LogP contribution in [-0.4, -0.2) is 18.9 Å². The highest BCUT2D eigenvalue weighted by Crippen LogP contribution is 2.32. The average molecular weight is 395 g/mol. The molecule has 0 atom stereocenters. The molecule has 0 heterocycles. The van der Waals surface area contributed by atoms with Crippen molar-refractivity contribution in [2.24, 2.45) is 11.8 Å². The Balaban J connectivity index is 1.50. The molecule has 1 aliphatic rings. The van der Waals surface area contributed by atoms with Crippen molar-refractivity contribution >= 4 is 23.2 Å². The van der Waals surface area contributed by atoms with Crippen molar-refractivity contribution in [1.82, 2.24) is 0 Å². The molecular weight excluding hydrogens is 364 g/mol. The second-order valence-corrected chi connectivity index (χ2v) is 8.00. The molecule has 0 saturated heterocycles. The highest BCUT2D eigenvalue weighted by molar-refractivity contribution is 5.95. The number of para-hydroxylation sites is 2. The number of hydrogen-bond acceptors (Lipinski definition) is 3. The Hall–Kier alpha value is -2.82. The molecule has 1 fully saturated rings. The zero-order valence-corrected chi connectivity index (χ0v) is 17.4. The molecule has 29 heavy (non-hydrogen) atoms. The minimum Gasteiger partial charge on any atom is -0.495 e. The van der Waals surface area contributed by atoms with Gasteiger partial charge in [0.15, 0.2) is 0 Å². The standard InChI is InChI=1S/C24H30N2O3/c1-16(2)17-12-14-20(15-13-17)25-23(27)18-8-10-19(11-9-18)24(28)26-21-6-4-5-7-22(21)29-3/h4-7,12-16,18-19H,8-11H2,1-3H3,(H,25,27)(H,26,28). The van der Waals surface area contributed by atoms with Gasteiger partial charge in [-0.05, 0) is 61.4 Å². The smallest absolute Gasteiger partial charge is 0.227 e. The fraction of sp³-hybridized carbons (Fsp3) is 0.417. The lowest BCUT2D eigenvalue weighted by Gasteiger charge is -2.27. The summed E-state index contributed by atoms with van der Waals surface area (Å²) in [6.07, 6.45) is 2.87. The lowest BCUT2D eigenvalue weighted by molar-refractivity contribution is -0.125. The van der Waals surface area contributed by atoms with Gasteiger partial charge < -0.3 is 15.4 Å². The van der Waals surface area contributed by atoms with Crippen molar-refractivity contribution in [3.05, 3.63) is 54.1 Å². The number of nitrogens with one attached hydrogen (secondary N) is 2. The second kappa shape index (κ2) is 9.59. The minimum absolute atomic E-state index is 0.00219. The Kier molecular flexibility index (Phi) is 6.91. The van der Waals surface area contributed by atoms with Crippen molar-refractivity contribution in [3.63, 3.8) is 0 Å². The van der Waals surface area contributed by atoms with Crippen LogP contribution in [0.2, 0.25) is 0 Å². The molecule has 0 aliphatic heterocycles. The van der Waals surface area contributed by atoms with Crippen molar-refractivity contribution in [2.75, 3.05) is 17.7 Å². The third kappa shape index (κ3) is 5.37. The fourth-order valence-electron chi connectivity index (χ4n) is 3.80. The Morgan fingerprint density at radius 1 is 0.862 bits per heavy atom. The Morgan fingerprint density at radius 2 is 1.41 bits per heavy atom. The van der Waals surface area contributed by atoms with E-state index in [1.54, 1.807) is 7.11 Å². The van der Waals surface area contributed by atoms with E-state index in [1.807, 2.05) is 36.4 Å². The van der Waals surface area contributed by atoms with Crippen LogP contribution < -0.4 is 15.4 Å². The lowest BCUT2D eigenvalue weighted by atomic mass is 9.81. The van der Waals surface area contributed by atoms with Crippen LogP contribution in [0.3, 0.4) is 0 Å². The maximum absolute atomic E-state index is 12.6. The molecular formula is C24H30N2O3. The summed E-state index contributed by atoms with van der Waals surface area (Å²) in [7, 11) is 1.59. The molecule has 5 heteroatoms. The number of rotatable bonds is 6. The molecule has 2 amide bonds. The van der Waals surface area contributed by atoms with Crippen LogP contribution in [0.1, 0.15) is 51.0 Å². The number of ether oxygens (including phenoxy) is 1. The third-order valence-corrected chi connectivity index (χ3v) is 5.68. The van der Waals surface area contributed by atoms with E-state index in [4.69, 9.17) is 4.74 Å². The molecule has 3 rings (SSSR count). The Bertz CT molecular complexity index is 837. The van der Waals surface area contributed by atoms with Gasteiger partial charge in [-0.3, -0.25) is 9.59 Å². The molecule has 2 aromatic carbocycles. The van der Waals surface area contributed by atoms with Gasteiger partial charge in [0.25, 0.3) is 0 Å². The number of benzene rings is 2. The molecule has 1 aliphatic carbocycles. The van der Waals surface area contributed by atoms with Gasteiger partial charge in [-0.1, -0.05) is 38.1 Å². The van der Waals surface area contributed by atoms with Gasteiger partial charge in [0.05, 0.1) is 12.8 Å². The first-order chi connectivity index (χ1) is 14.0. The quantitative estimate of drug-likeness (QED) is 0.707. The summed E-state index contributed by atoms with van der Waals surface area (Å²) >= 11 is 0. The van der Waals surface area contributed by atoms with Gasteiger partial charge >= 0.3 is 0 Å². The van der Waals surface area contributed by atoms with Crippen molar-refractivity contribution < 1.29 is 14.3 Å². The summed E-state index contributed by atoms with van der Waals surface area (Å²) < 4.78 is 5.29. The summed E-state index contributed by atoms with van der Waals surface area (Å²) in [6, 6.07) is 15.4. The fourth-order valence-corrected chi connectivity index (χ4v) is 3.80. The first-order valence-electron chi connectivity index (χ1n) is 10.3. The van der Waals surface area contributed by atoms with Gasteiger partial charge in [-0.2, -0.15) is 0 Å². The molecule has 0 unspecified atom stereocenters. The summed E-state index contributed by atoms with van der Waals surface area (Å²) in [5.74, 6) is 1.04. The van der Waals surface area contributed by atoms with Gasteiger partial charge in [-0.15, -0.1) is 0 Å². The minimum atomic E-state index is -0.0747. The first-order valence-corrected chi connectivity index (χ1v) is 10.3. The van der Waals surface area contributed by atoms with E-state index in [0.29, 0.717) is 30.2 Å². The van der Waals surface area contributed by atoms with E-state index in [2.05, 4.69) is 36.6 Å². The molecule has 154 valence electrons. The number of carbonyl (C=O) groups is 2. The maximum Gasteiger partial charge on any atom is 0.227 e. The third-order valence-electron chi connectivity index (χ3n) is 5.68. The van der Waals surface area contributed by atoms with Crippen LogP contribution in [-0.2, 0) is 9.59 Å². The Morgan fingerprint density at radius 3 is 1.97 bits per heavy atom. The number of hydrogen-bond donors (Lipinski definition) is 2. The van der Waals surface area contributed by atoms with Crippen LogP contribution >= 0.6 is 0 Å². The van der Waals surface area contributed by atoms with E-state index in [0.717, 1.165) is 18.5 Å². The summed E-state index contributed by atoms with van der Waals surface area (Å²) in [6.45, 7) is 4.30. The van der Waals surface area contributed by atoms with Crippen molar-refractivity contribution in [2.45, 2.75) is 45.4 Å². The number of anilines is 2. The SMILES string of the molecule is COc1ccccc1NC(=O)C1CCC(C(=O)Nc2ccc(C(C)C)cc2)CC1. The van der Waals surface area contributed by atoms with Crippen LogP contribution in [0.4, 0.5) is 11.4 Å². The van der Waals surface area contributed by atoms with Crippen LogP contribution in [0.5, 0.6) is 5.75 Å². The van der Waals surface area contributed by atoms with E-state index >= 15 is 0 Å². The number of amides is 2. The number of methoxy groups -OCH3 is 1. The van der Waals surface area contributed by atoms with Gasteiger partial charge in [0.1, 0.15) is 5.75 Å². The summed E-state index contributed by atoms with van der Waals surface area (Å²) in [5.41, 5.74) is 2.77. The normalized spacial score (nSPS) is 18.9. The predicted molar refractivity (Wildman–Crippen MR) is 116 cm³/mol. The van der Waals surface area contributed by atoms with Crippen LogP contribution in [0.15, 0.2) is 48.5 Å². The van der Waals surface area contributed by atoms with Gasteiger partial charge in [-0.25, -0.2) is 0 Å². The molecule has 5 nitrogen and oxygen atoms in total. The van der Waals surface area contributed by atoms with E-state index in [-0.39, 0.29) is 23.7 Å². The van der Waals surface area contributed by atoms with Gasteiger partial charge in [0, 0.05) is 17.5 Å². The second-order valence-electron chi connectivity index (χ2n) is 8.00. The summed E-state index contributed by atoms with van der Waals surface area (Å²) in [5, 5.41) is 5.99. The zero-order chi connectivity index (χ0) is 20.8. The zero-order valence-electron chi connectivity index (χ0n) is 17.4. The average Bonchev–Trinajstić information content (AvgIpc) is 2.74. The summed E-state index contributed by atoms with van der Waals surface area (Å²) in [4.78, 5) is 25.2. The largest absolute Gasteiger partial charge is 0.495 e. The Labute approximate surface area is 172 Å².